The van der Waals surface area contributed by atoms with Crippen LogP contribution < -0.4 is 20.7 Å². The minimum absolute atomic E-state index is 0.147. The standard InChI is InChI=1S/C26H10Cl2F4N8O8S2/c27-15-17-21(47-19-7(35-17)1-3-9(23(19)49(41,42)43)33-13-5-11(29)37-25(31)39-13)16(28)18-22(15)48-20-8(36-18)2-4-10(24(20)50(44,45)46)34-14-6-12(30)38-26(32)40-14/h1-6,35H,(H,33,37,39)(H,41,42,43)(H,44,45,46)/b34-10+. The first-order chi connectivity index (χ1) is 23.5. The maximum absolute atomic E-state index is 13.7. The Bertz CT molecular complexity index is 2700. The molecule has 2 aromatic heterocycles. The summed E-state index contributed by atoms with van der Waals surface area (Å²) in [6.45, 7) is 0. The van der Waals surface area contributed by atoms with Gasteiger partial charge in [-0.3, -0.25) is 9.11 Å². The number of rotatable bonds is 5. The van der Waals surface area contributed by atoms with Crippen molar-refractivity contribution in [3.63, 3.8) is 0 Å². The van der Waals surface area contributed by atoms with Crippen molar-refractivity contribution < 1.29 is 52.7 Å². The minimum Gasteiger partial charge on any atom is -0.450 e. The van der Waals surface area contributed by atoms with E-state index in [9.17, 15) is 43.5 Å². The lowest BCUT2D eigenvalue weighted by atomic mass is 10.1. The summed E-state index contributed by atoms with van der Waals surface area (Å²) in [4.78, 5) is 18.4. The van der Waals surface area contributed by atoms with E-state index in [1.165, 1.54) is 6.07 Å². The molecule has 0 radical (unpaired) electrons. The van der Waals surface area contributed by atoms with Gasteiger partial charge in [0.25, 0.3) is 10.1 Å². The minimum atomic E-state index is -5.21. The van der Waals surface area contributed by atoms with E-state index in [2.05, 4.69) is 40.5 Å². The number of aromatic nitrogens is 5. The number of hydrogen-bond acceptors (Lipinski definition) is 14. The van der Waals surface area contributed by atoms with Gasteiger partial charge >= 0.3 is 22.3 Å². The van der Waals surface area contributed by atoms with Crippen LogP contribution in [-0.4, -0.2) is 50.9 Å². The predicted molar refractivity (Wildman–Crippen MR) is 162 cm³/mol. The Morgan fingerprint density at radius 3 is 2.14 bits per heavy atom. The lowest BCUT2D eigenvalue weighted by Crippen LogP contribution is -2.18. The maximum atomic E-state index is 13.7. The third-order valence-electron chi connectivity index (χ3n) is 6.69. The zero-order chi connectivity index (χ0) is 35.9. The molecule has 0 atom stereocenters. The molecule has 0 saturated heterocycles. The maximum Gasteiger partial charge on any atom is 0.313 e. The quantitative estimate of drug-likeness (QED) is 0.0541. The van der Waals surface area contributed by atoms with Gasteiger partial charge in [0, 0.05) is 12.1 Å². The summed E-state index contributed by atoms with van der Waals surface area (Å²) < 4.78 is 137. The van der Waals surface area contributed by atoms with Crippen LogP contribution in [0.4, 0.5) is 46.3 Å². The average Bonchev–Trinajstić information content (AvgIpc) is 3.00. The van der Waals surface area contributed by atoms with Crippen LogP contribution in [-0.2, 0) is 20.2 Å². The molecule has 0 unspecified atom stereocenters. The number of benzene rings is 3. The second kappa shape index (κ2) is 11.7. The lowest BCUT2D eigenvalue weighted by molar-refractivity contribution is 0.449. The van der Waals surface area contributed by atoms with Crippen molar-refractivity contribution in [3.05, 3.63) is 75.9 Å². The number of nitrogens with one attached hydrogen (secondary N) is 2. The summed E-state index contributed by atoms with van der Waals surface area (Å²) in [5.41, 5.74) is -1.72. The van der Waals surface area contributed by atoms with E-state index >= 15 is 0 Å². The van der Waals surface area contributed by atoms with Crippen molar-refractivity contribution in [2.75, 3.05) is 10.6 Å². The molecule has 4 aromatic rings. The van der Waals surface area contributed by atoms with Crippen molar-refractivity contribution >= 4 is 83.2 Å². The zero-order valence-electron chi connectivity index (χ0n) is 23.6. The first-order valence-corrected chi connectivity index (χ1v) is 16.7. The summed E-state index contributed by atoms with van der Waals surface area (Å²) in [6, 6.07) is 5.68. The van der Waals surface area contributed by atoms with Gasteiger partial charge in [0.2, 0.25) is 11.9 Å². The van der Waals surface area contributed by atoms with Crippen molar-refractivity contribution in [1.82, 2.24) is 24.9 Å². The summed E-state index contributed by atoms with van der Waals surface area (Å²) in [6.07, 6.45) is -2.99. The van der Waals surface area contributed by atoms with Gasteiger partial charge in [-0.05, 0) is 24.3 Å². The van der Waals surface area contributed by atoms with E-state index in [-0.39, 0.29) is 33.4 Å². The summed E-state index contributed by atoms with van der Waals surface area (Å²) in [5, 5.41) is 3.79. The molecule has 256 valence electrons. The number of hydrogen-bond donors (Lipinski definition) is 4. The molecule has 4 N–H and O–H groups in total. The Morgan fingerprint density at radius 2 is 1.48 bits per heavy atom. The second-order valence-corrected chi connectivity index (χ2v) is 13.4. The topological polar surface area (TPSA) is 232 Å². The van der Waals surface area contributed by atoms with E-state index in [0.717, 1.165) is 18.2 Å². The molecule has 1 aliphatic carbocycles. The van der Waals surface area contributed by atoms with Crippen LogP contribution in [0.25, 0.3) is 22.6 Å². The molecule has 0 spiro atoms. The van der Waals surface area contributed by atoms with Gasteiger partial charge in [-0.15, -0.1) is 0 Å². The van der Waals surface area contributed by atoms with Gasteiger partial charge in [0.05, 0.1) is 16.7 Å². The Kier molecular flexibility index (Phi) is 7.76. The largest absolute Gasteiger partial charge is 0.450 e. The summed E-state index contributed by atoms with van der Waals surface area (Å²) in [5.74, 6) is -5.34. The fourth-order valence-corrected chi connectivity index (χ4v) is 6.89. The number of fused-ring (bicyclic) bond motifs is 4. The third kappa shape index (κ3) is 5.86. The molecular formula is C26H10Cl2F4N8O8S2. The molecule has 7 rings (SSSR count). The number of ether oxygens (including phenoxy) is 1. The summed E-state index contributed by atoms with van der Waals surface area (Å²) in [7, 11) is -10.4. The third-order valence-corrected chi connectivity index (χ3v) is 9.23. The van der Waals surface area contributed by atoms with Gasteiger partial charge in [-0.2, -0.15) is 54.3 Å². The smallest absolute Gasteiger partial charge is 0.313 e. The van der Waals surface area contributed by atoms with Gasteiger partial charge < -0.3 is 19.8 Å². The molecule has 0 fully saturated rings. The van der Waals surface area contributed by atoms with Crippen LogP contribution in [0, 0.1) is 24.1 Å². The van der Waals surface area contributed by atoms with Crippen LogP contribution in [0.1, 0.15) is 0 Å². The molecule has 0 saturated carbocycles. The van der Waals surface area contributed by atoms with E-state index < -0.39 is 98.9 Å². The summed E-state index contributed by atoms with van der Waals surface area (Å²) >= 11 is 13.3. The van der Waals surface area contributed by atoms with Gasteiger partial charge in [-0.1, -0.05) is 23.2 Å². The van der Waals surface area contributed by atoms with Crippen molar-refractivity contribution in [2.24, 2.45) is 4.99 Å². The Labute approximate surface area is 284 Å². The molecule has 4 heterocycles. The Morgan fingerprint density at radius 1 is 0.800 bits per heavy atom. The number of halogens is 6. The fraction of sp³-hybridized carbons (Fsp3) is 0. The van der Waals surface area contributed by atoms with Crippen LogP contribution in [0.3, 0.4) is 0 Å². The molecule has 50 heavy (non-hydrogen) atoms. The number of nitrogens with zero attached hydrogens (tertiary/aromatic N) is 6. The van der Waals surface area contributed by atoms with Crippen LogP contribution in [0.5, 0.6) is 11.5 Å². The monoisotopic (exact) mass is 772 g/mol. The highest BCUT2D eigenvalue weighted by molar-refractivity contribution is 7.86. The highest BCUT2D eigenvalue weighted by Crippen LogP contribution is 2.55. The van der Waals surface area contributed by atoms with E-state index in [1.54, 1.807) is 0 Å². The Balaban J connectivity index is 1.42. The molecule has 3 aliphatic rings. The molecule has 0 amide bonds. The van der Waals surface area contributed by atoms with E-state index in [1.807, 2.05) is 0 Å². The van der Waals surface area contributed by atoms with Crippen LogP contribution in [0.2, 0.25) is 10.0 Å². The second-order valence-electron chi connectivity index (χ2n) is 9.88. The SMILES string of the molecule is O=S(=O)(O)c1c(Nc2cc(F)nc(F)n2)ccc2c1Oc1c(c(Cl)c3oc4c(S(=O)(=O)O)/c(=N/c5cc(F)nc(F)n5)ccc-4nc3c1Cl)N2. The molecule has 24 heteroatoms. The van der Waals surface area contributed by atoms with Crippen LogP contribution in [0.15, 0.2) is 55.6 Å². The first-order valence-electron chi connectivity index (χ1n) is 13.0. The zero-order valence-corrected chi connectivity index (χ0v) is 26.7. The predicted octanol–water partition coefficient (Wildman–Crippen LogP) is 5.69. The van der Waals surface area contributed by atoms with Gasteiger partial charge in [-0.25, -0.2) is 9.98 Å². The van der Waals surface area contributed by atoms with Crippen molar-refractivity contribution in [3.8, 4) is 23.0 Å². The van der Waals surface area contributed by atoms with E-state index in [4.69, 9.17) is 32.4 Å². The molecule has 16 nitrogen and oxygen atoms in total. The molecular weight excluding hydrogens is 763 g/mol. The molecule has 2 aromatic carbocycles. The van der Waals surface area contributed by atoms with Gasteiger partial charge in [0.15, 0.2) is 38.5 Å². The highest BCUT2D eigenvalue weighted by Gasteiger charge is 2.35. The van der Waals surface area contributed by atoms with Gasteiger partial charge in [0.1, 0.15) is 32.8 Å². The fourth-order valence-electron chi connectivity index (χ4n) is 4.83. The lowest BCUT2D eigenvalue weighted by Gasteiger charge is -2.26. The average molecular weight is 773 g/mol. The highest BCUT2D eigenvalue weighted by atomic mass is 35.5. The Hall–Kier alpha value is -5.26. The molecule has 2 aliphatic heterocycles. The number of anilines is 4. The van der Waals surface area contributed by atoms with Crippen molar-refractivity contribution in [2.45, 2.75) is 9.79 Å². The van der Waals surface area contributed by atoms with Crippen LogP contribution >= 0.6 is 23.2 Å². The molecule has 0 bridgehead atoms. The van der Waals surface area contributed by atoms with Crippen molar-refractivity contribution in [1.29, 1.82) is 0 Å². The van der Waals surface area contributed by atoms with E-state index in [0.29, 0.717) is 12.1 Å². The normalized spacial score (nSPS) is 13.2. The first kappa shape index (κ1) is 33.2.